The van der Waals surface area contributed by atoms with Gasteiger partial charge < -0.3 is 29.3 Å². The smallest absolute Gasteiger partial charge is 0.410 e. The lowest BCUT2D eigenvalue weighted by atomic mass is 10.2. The average molecular weight is 500 g/mol. The summed E-state index contributed by atoms with van der Waals surface area (Å²) in [6, 6.07) is 8.41. The number of rotatable bonds is 4. The number of hydrogen-bond donors (Lipinski definition) is 3. The van der Waals surface area contributed by atoms with Crippen LogP contribution in [0.25, 0.3) is 0 Å². The number of ether oxygens (including phenoxy) is 2. The summed E-state index contributed by atoms with van der Waals surface area (Å²) in [4.78, 5) is 38.3. The summed E-state index contributed by atoms with van der Waals surface area (Å²) in [5, 5.41) is 7.66. The van der Waals surface area contributed by atoms with Crippen molar-refractivity contribution in [2.75, 3.05) is 26.3 Å². The Bertz CT molecular complexity index is 1070. The highest BCUT2D eigenvalue weighted by atomic mass is 31.2. The molecule has 1 amide bonds. The summed E-state index contributed by atoms with van der Waals surface area (Å²) >= 11 is 0. The molecular formula is C19H22N2O10P2. The molecule has 3 N–H and O–H groups in total. The van der Waals surface area contributed by atoms with Crippen molar-refractivity contribution >= 4 is 21.3 Å². The molecule has 14 heteroatoms. The van der Waals surface area contributed by atoms with E-state index in [9.17, 15) is 28.8 Å². The Balaban J connectivity index is 1.49. The normalized spacial score (nSPS) is 32.3. The number of benzene rings is 1. The minimum atomic E-state index is -5.08. The van der Waals surface area contributed by atoms with E-state index in [1.54, 1.807) is 0 Å². The van der Waals surface area contributed by atoms with E-state index in [-0.39, 0.29) is 16.9 Å². The predicted molar refractivity (Wildman–Crippen MR) is 112 cm³/mol. The summed E-state index contributed by atoms with van der Waals surface area (Å²) in [5.41, 5.74) is 0.341. The molecule has 2 unspecified atom stereocenters. The number of carbonyl (C=O) groups excluding carboxylic acids is 1. The highest BCUT2D eigenvalue weighted by Gasteiger charge is 2.67. The lowest BCUT2D eigenvalue weighted by Crippen LogP contribution is -2.42. The molecule has 3 heterocycles. The largest absolute Gasteiger partial charge is 0.415 e. The molecule has 0 spiro atoms. The second-order valence-electron chi connectivity index (χ2n) is 7.43. The molecule has 178 valence electrons. The van der Waals surface area contributed by atoms with Crippen LogP contribution in [0.4, 0.5) is 4.79 Å². The molecule has 4 rings (SSSR count). The van der Waals surface area contributed by atoms with Crippen LogP contribution >= 0.6 is 15.2 Å². The first-order valence-corrected chi connectivity index (χ1v) is 13.1. The van der Waals surface area contributed by atoms with E-state index in [0.29, 0.717) is 26.3 Å². The Kier molecular flexibility index (Phi) is 6.73. The minimum absolute atomic E-state index is 0.105. The maximum atomic E-state index is 12.8. The maximum Gasteiger partial charge on any atom is 0.415 e. The second kappa shape index (κ2) is 9.25. The zero-order chi connectivity index (χ0) is 23.7. The summed E-state index contributed by atoms with van der Waals surface area (Å²) in [6.45, 7) is 1.64. The molecule has 2 aliphatic heterocycles. The van der Waals surface area contributed by atoms with Gasteiger partial charge in [-0.1, -0.05) is 18.2 Å². The Morgan fingerprint density at radius 3 is 2.33 bits per heavy atom. The molecular weight excluding hydrogens is 478 g/mol. The molecule has 2 atom stereocenters. The van der Waals surface area contributed by atoms with Gasteiger partial charge in [-0.05, 0) is 23.8 Å². The van der Waals surface area contributed by atoms with Crippen LogP contribution in [-0.2, 0) is 29.3 Å². The van der Waals surface area contributed by atoms with Crippen molar-refractivity contribution in [3.63, 3.8) is 0 Å². The number of nitrogens with zero attached hydrogens (tertiary/aromatic N) is 2. The van der Waals surface area contributed by atoms with Crippen molar-refractivity contribution in [2.24, 2.45) is 0 Å². The number of pyridine rings is 1. The first-order valence-electron chi connectivity index (χ1n) is 9.90. The van der Waals surface area contributed by atoms with E-state index in [1.807, 2.05) is 0 Å². The van der Waals surface area contributed by atoms with E-state index in [0.717, 1.165) is 0 Å². The monoisotopic (exact) mass is 500 g/mol. The fourth-order valence-electron chi connectivity index (χ4n) is 3.31. The van der Waals surface area contributed by atoms with Crippen molar-refractivity contribution in [1.82, 2.24) is 9.88 Å². The van der Waals surface area contributed by atoms with Gasteiger partial charge in [0.1, 0.15) is 5.75 Å². The van der Waals surface area contributed by atoms with Gasteiger partial charge in [0.25, 0.3) is 5.08 Å². The highest BCUT2D eigenvalue weighted by Crippen LogP contribution is 2.79. The fraction of sp³-hybridized carbons (Fsp3) is 0.368. The van der Waals surface area contributed by atoms with E-state index < -0.39 is 39.1 Å². The summed E-state index contributed by atoms with van der Waals surface area (Å²) < 4.78 is 46.3. The SMILES string of the molecule is O=C(Oc1ccc(C2OP(=O)(O)C(O)(Cc3cccnc3)P(=O)(O)O2)cc1)N1CCOCC1. The lowest BCUT2D eigenvalue weighted by Gasteiger charge is -2.41. The van der Waals surface area contributed by atoms with Gasteiger partial charge in [-0.2, -0.15) is 0 Å². The van der Waals surface area contributed by atoms with Crippen LogP contribution in [0.5, 0.6) is 5.75 Å². The molecule has 2 aliphatic rings. The number of aliphatic hydroxyl groups is 1. The van der Waals surface area contributed by atoms with Crippen LogP contribution < -0.4 is 4.74 Å². The molecule has 0 radical (unpaired) electrons. The third-order valence-corrected chi connectivity index (χ3v) is 9.77. The molecule has 0 aliphatic carbocycles. The average Bonchev–Trinajstić information content (AvgIpc) is 2.79. The van der Waals surface area contributed by atoms with Gasteiger partial charge in [-0.25, -0.2) is 4.79 Å². The van der Waals surface area contributed by atoms with E-state index in [2.05, 4.69) is 4.98 Å². The van der Waals surface area contributed by atoms with E-state index >= 15 is 0 Å². The number of carbonyl (C=O) groups is 1. The molecule has 1 aromatic heterocycles. The molecule has 1 aromatic carbocycles. The van der Waals surface area contributed by atoms with Crippen LogP contribution in [0.2, 0.25) is 0 Å². The van der Waals surface area contributed by atoms with Crippen molar-refractivity contribution in [3.05, 3.63) is 59.9 Å². The quantitative estimate of drug-likeness (QED) is 0.527. The Labute approximate surface area is 188 Å². The van der Waals surface area contributed by atoms with Crippen LogP contribution in [-0.4, -0.2) is 62.3 Å². The second-order valence-corrected chi connectivity index (χ2v) is 11.8. The van der Waals surface area contributed by atoms with Crippen molar-refractivity contribution in [3.8, 4) is 5.75 Å². The number of aromatic nitrogens is 1. The van der Waals surface area contributed by atoms with Gasteiger partial charge in [0, 0.05) is 37.5 Å². The third kappa shape index (κ3) is 4.89. The Hall–Kier alpha value is -2.14. The van der Waals surface area contributed by atoms with Gasteiger partial charge in [-0.15, -0.1) is 0 Å². The molecule has 12 nitrogen and oxygen atoms in total. The Morgan fingerprint density at radius 1 is 1.12 bits per heavy atom. The van der Waals surface area contributed by atoms with Gasteiger partial charge in [-0.3, -0.25) is 23.2 Å². The van der Waals surface area contributed by atoms with Crippen LogP contribution in [0.1, 0.15) is 17.4 Å². The van der Waals surface area contributed by atoms with Crippen molar-refractivity contribution < 1.29 is 47.3 Å². The van der Waals surface area contributed by atoms with Crippen LogP contribution in [0.3, 0.4) is 0 Å². The van der Waals surface area contributed by atoms with Gasteiger partial charge >= 0.3 is 21.3 Å². The topological polar surface area (TPSA) is 165 Å². The van der Waals surface area contributed by atoms with E-state index in [4.69, 9.17) is 18.5 Å². The van der Waals surface area contributed by atoms with Gasteiger partial charge in [0.05, 0.1) is 13.2 Å². The van der Waals surface area contributed by atoms with Crippen LogP contribution in [0, 0.1) is 0 Å². The first-order chi connectivity index (χ1) is 15.6. The van der Waals surface area contributed by atoms with Crippen molar-refractivity contribution in [1.29, 1.82) is 0 Å². The van der Waals surface area contributed by atoms with Crippen molar-refractivity contribution in [2.45, 2.75) is 17.8 Å². The van der Waals surface area contributed by atoms with Crippen LogP contribution in [0.15, 0.2) is 48.8 Å². The molecule has 2 fully saturated rings. The summed E-state index contributed by atoms with van der Waals surface area (Å²) in [6.07, 6.45) is -0.241. The highest BCUT2D eigenvalue weighted by molar-refractivity contribution is 7.73. The summed E-state index contributed by atoms with van der Waals surface area (Å²) in [7, 11) is -10.2. The molecule has 2 aromatic rings. The molecule has 2 saturated heterocycles. The summed E-state index contributed by atoms with van der Waals surface area (Å²) in [5.74, 6) is 0.179. The molecule has 0 bridgehead atoms. The minimum Gasteiger partial charge on any atom is -0.410 e. The number of morpholine rings is 1. The molecule has 0 saturated carbocycles. The third-order valence-electron chi connectivity index (χ3n) is 5.17. The predicted octanol–water partition coefficient (Wildman–Crippen LogP) is 2.22. The first kappa shape index (κ1) is 24.0. The standard InChI is InChI=1S/C19H22N2O10P2/c22-18(21-8-10-28-11-9-21)29-16-5-3-15(4-6-16)17-30-32(24,25)19(23,33(26,27)31-17)12-14-2-1-7-20-13-14/h1-7,13,17,23H,8-12H2,(H,24,25)(H,26,27). The number of hydrogen-bond acceptors (Lipinski definition) is 9. The number of amides is 1. The molecule has 33 heavy (non-hydrogen) atoms. The fourth-order valence-corrected chi connectivity index (χ4v) is 6.89. The van der Waals surface area contributed by atoms with Gasteiger partial charge in [0.15, 0.2) is 0 Å². The van der Waals surface area contributed by atoms with Gasteiger partial charge in [0.2, 0.25) is 6.29 Å². The zero-order valence-corrected chi connectivity index (χ0v) is 19.0. The maximum absolute atomic E-state index is 12.8. The zero-order valence-electron chi connectivity index (χ0n) is 17.2. The van der Waals surface area contributed by atoms with E-state index in [1.165, 1.54) is 53.7 Å². The Morgan fingerprint density at radius 2 is 1.76 bits per heavy atom. The lowest BCUT2D eigenvalue weighted by molar-refractivity contribution is -0.0579.